The molecule has 31 heavy (non-hydrogen) atoms. The zero-order valence-corrected chi connectivity index (χ0v) is 18.1. The Balaban J connectivity index is 1.71. The summed E-state index contributed by atoms with van der Waals surface area (Å²) < 4.78 is 34.4. The van der Waals surface area contributed by atoms with E-state index in [9.17, 15) is 13.2 Å². The lowest BCUT2D eigenvalue weighted by Gasteiger charge is -2.19. The maximum absolute atomic E-state index is 12.7. The molecule has 0 saturated carbocycles. The Morgan fingerprint density at radius 3 is 2.35 bits per heavy atom. The third-order valence-corrected chi connectivity index (χ3v) is 5.55. The second kappa shape index (κ2) is 9.63. The van der Waals surface area contributed by atoms with Crippen LogP contribution in [0.1, 0.15) is 21.5 Å². The maximum Gasteiger partial charge on any atom is 0.253 e. The Labute approximate surface area is 182 Å². The molecule has 0 heterocycles. The molecule has 7 nitrogen and oxygen atoms in total. The summed E-state index contributed by atoms with van der Waals surface area (Å²) in [5.41, 5.74) is 2.12. The molecular formula is C23H24N2O5S. The van der Waals surface area contributed by atoms with E-state index in [2.05, 4.69) is 0 Å². The summed E-state index contributed by atoms with van der Waals surface area (Å²) in [6, 6.07) is 20.9. The second-order valence-electron chi connectivity index (χ2n) is 6.99. The number of hydrogen-bond donors (Lipinski definition) is 1. The number of benzene rings is 3. The fourth-order valence-corrected chi connectivity index (χ4v) is 3.60. The number of sulfonamides is 1. The van der Waals surface area contributed by atoms with Crippen molar-refractivity contribution in [3.8, 4) is 11.5 Å². The van der Waals surface area contributed by atoms with E-state index in [4.69, 9.17) is 14.6 Å². The van der Waals surface area contributed by atoms with E-state index in [0.29, 0.717) is 24.7 Å². The first-order valence-electron chi connectivity index (χ1n) is 9.50. The van der Waals surface area contributed by atoms with Crippen LogP contribution in [-0.2, 0) is 23.2 Å². The van der Waals surface area contributed by atoms with E-state index in [1.807, 2.05) is 42.5 Å². The van der Waals surface area contributed by atoms with Crippen LogP contribution >= 0.6 is 0 Å². The van der Waals surface area contributed by atoms with Crippen molar-refractivity contribution in [2.24, 2.45) is 5.14 Å². The van der Waals surface area contributed by atoms with Gasteiger partial charge in [0, 0.05) is 19.2 Å². The van der Waals surface area contributed by atoms with Gasteiger partial charge in [0.2, 0.25) is 10.0 Å². The van der Waals surface area contributed by atoms with Crippen molar-refractivity contribution in [3.05, 3.63) is 89.5 Å². The van der Waals surface area contributed by atoms with Crippen molar-refractivity contribution in [3.63, 3.8) is 0 Å². The topological polar surface area (TPSA) is 98.9 Å². The number of ether oxygens (including phenoxy) is 2. The van der Waals surface area contributed by atoms with E-state index in [0.717, 1.165) is 11.1 Å². The minimum atomic E-state index is -3.88. The average Bonchev–Trinajstić information content (AvgIpc) is 2.77. The molecule has 0 aliphatic rings. The van der Waals surface area contributed by atoms with Gasteiger partial charge in [-0.3, -0.25) is 4.79 Å². The van der Waals surface area contributed by atoms with Crippen molar-refractivity contribution in [1.82, 2.24) is 4.90 Å². The van der Waals surface area contributed by atoms with Crippen LogP contribution in [0, 0.1) is 0 Å². The van der Waals surface area contributed by atoms with E-state index < -0.39 is 10.0 Å². The second-order valence-corrected chi connectivity index (χ2v) is 8.55. The lowest BCUT2D eigenvalue weighted by atomic mass is 10.1. The van der Waals surface area contributed by atoms with Gasteiger partial charge in [-0.05, 0) is 41.5 Å². The predicted octanol–water partition coefficient (Wildman–Crippen LogP) is 3.19. The lowest BCUT2D eigenvalue weighted by molar-refractivity contribution is 0.0784. The van der Waals surface area contributed by atoms with Gasteiger partial charge in [-0.2, -0.15) is 0 Å². The quantitative estimate of drug-likeness (QED) is 0.580. The van der Waals surface area contributed by atoms with E-state index in [-0.39, 0.29) is 16.4 Å². The van der Waals surface area contributed by atoms with Gasteiger partial charge >= 0.3 is 0 Å². The highest BCUT2D eigenvalue weighted by molar-refractivity contribution is 7.89. The summed E-state index contributed by atoms with van der Waals surface area (Å²) in [5, 5.41) is 5.15. The standard InChI is InChI=1S/C23H24N2O5S/c1-25(23(26)19-9-6-10-20(14-19)31(24,27)28)15-18-11-12-21(22(13-18)29-2)30-16-17-7-4-3-5-8-17/h3-14H,15-16H2,1-2H3,(H2,24,27,28). The van der Waals surface area contributed by atoms with Gasteiger partial charge in [0.15, 0.2) is 11.5 Å². The number of rotatable bonds is 8. The van der Waals surface area contributed by atoms with Gasteiger partial charge in [0.25, 0.3) is 5.91 Å². The summed E-state index contributed by atoms with van der Waals surface area (Å²) in [5.74, 6) is 0.837. The molecule has 1 amide bonds. The van der Waals surface area contributed by atoms with Crippen LogP contribution in [0.2, 0.25) is 0 Å². The minimum Gasteiger partial charge on any atom is -0.493 e. The minimum absolute atomic E-state index is 0.103. The van der Waals surface area contributed by atoms with Crippen LogP contribution in [0.25, 0.3) is 0 Å². The van der Waals surface area contributed by atoms with Gasteiger partial charge in [-0.15, -0.1) is 0 Å². The molecule has 0 aromatic heterocycles. The van der Waals surface area contributed by atoms with Gasteiger partial charge < -0.3 is 14.4 Å². The summed E-state index contributed by atoms with van der Waals surface area (Å²) >= 11 is 0. The van der Waals surface area contributed by atoms with Crippen molar-refractivity contribution in [2.75, 3.05) is 14.2 Å². The fourth-order valence-electron chi connectivity index (χ4n) is 3.04. The molecule has 2 N–H and O–H groups in total. The molecule has 0 fully saturated rings. The van der Waals surface area contributed by atoms with Gasteiger partial charge in [-0.1, -0.05) is 42.5 Å². The van der Waals surface area contributed by atoms with Crippen molar-refractivity contribution >= 4 is 15.9 Å². The third kappa shape index (κ3) is 5.84. The predicted molar refractivity (Wildman–Crippen MR) is 117 cm³/mol. The molecule has 0 spiro atoms. The largest absolute Gasteiger partial charge is 0.493 e. The normalized spacial score (nSPS) is 11.1. The molecule has 0 radical (unpaired) electrons. The molecule has 0 aliphatic carbocycles. The Morgan fingerprint density at radius 2 is 1.68 bits per heavy atom. The average molecular weight is 441 g/mol. The van der Waals surface area contributed by atoms with Crippen molar-refractivity contribution in [2.45, 2.75) is 18.0 Å². The number of carbonyl (C=O) groups excluding carboxylic acids is 1. The lowest BCUT2D eigenvalue weighted by Crippen LogP contribution is -2.26. The summed E-state index contributed by atoms with van der Waals surface area (Å²) in [6.07, 6.45) is 0. The van der Waals surface area contributed by atoms with Gasteiger partial charge in [0.05, 0.1) is 12.0 Å². The zero-order valence-electron chi connectivity index (χ0n) is 17.3. The van der Waals surface area contributed by atoms with Crippen LogP contribution < -0.4 is 14.6 Å². The maximum atomic E-state index is 12.7. The third-order valence-electron chi connectivity index (χ3n) is 4.64. The first-order valence-corrected chi connectivity index (χ1v) is 11.0. The highest BCUT2D eigenvalue weighted by atomic mass is 32.2. The van der Waals surface area contributed by atoms with E-state index >= 15 is 0 Å². The number of primary sulfonamides is 1. The van der Waals surface area contributed by atoms with Crippen LogP contribution in [0.15, 0.2) is 77.7 Å². The zero-order chi connectivity index (χ0) is 22.4. The Morgan fingerprint density at radius 1 is 0.935 bits per heavy atom. The van der Waals surface area contributed by atoms with Crippen LogP contribution in [0.4, 0.5) is 0 Å². The molecule has 3 aromatic carbocycles. The summed E-state index contributed by atoms with van der Waals surface area (Å²) in [6.45, 7) is 0.711. The molecule has 3 aromatic rings. The molecule has 0 atom stereocenters. The summed E-state index contributed by atoms with van der Waals surface area (Å²) in [4.78, 5) is 14.1. The molecule has 8 heteroatoms. The molecule has 0 saturated heterocycles. The number of amides is 1. The Bertz CT molecular complexity index is 1160. The molecule has 162 valence electrons. The van der Waals surface area contributed by atoms with Crippen molar-refractivity contribution < 1.29 is 22.7 Å². The first kappa shape index (κ1) is 22.3. The highest BCUT2D eigenvalue weighted by Crippen LogP contribution is 2.29. The smallest absolute Gasteiger partial charge is 0.253 e. The number of nitrogens with two attached hydrogens (primary N) is 1. The van der Waals surface area contributed by atoms with Gasteiger partial charge in [0.1, 0.15) is 6.61 Å². The number of carbonyl (C=O) groups is 1. The van der Waals surface area contributed by atoms with Crippen molar-refractivity contribution in [1.29, 1.82) is 0 Å². The van der Waals surface area contributed by atoms with Gasteiger partial charge in [-0.25, -0.2) is 13.6 Å². The first-order chi connectivity index (χ1) is 14.8. The Kier molecular flexibility index (Phi) is 6.94. The SMILES string of the molecule is COc1cc(CN(C)C(=O)c2cccc(S(N)(=O)=O)c2)ccc1OCc1ccccc1. The summed E-state index contributed by atoms with van der Waals surface area (Å²) in [7, 11) is -0.689. The van der Waals surface area contributed by atoms with E-state index in [1.165, 1.54) is 23.1 Å². The van der Waals surface area contributed by atoms with E-state index in [1.54, 1.807) is 26.3 Å². The fraction of sp³-hybridized carbons (Fsp3) is 0.174. The van der Waals surface area contributed by atoms with Crippen LogP contribution in [0.5, 0.6) is 11.5 Å². The van der Waals surface area contributed by atoms with Crippen LogP contribution in [-0.4, -0.2) is 33.4 Å². The number of nitrogens with zero attached hydrogens (tertiary/aromatic N) is 1. The molecule has 0 bridgehead atoms. The molecular weight excluding hydrogens is 416 g/mol. The number of hydrogen-bond acceptors (Lipinski definition) is 5. The monoisotopic (exact) mass is 440 g/mol. The molecule has 0 unspecified atom stereocenters. The highest BCUT2D eigenvalue weighted by Gasteiger charge is 2.16. The molecule has 0 aliphatic heterocycles. The number of methoxy groups -OCH3 is 1. The van der Waals surface area contributed by atoms with Crippen LogP contribution in [0.3, 0.4) is 0 Å². The Hall–Kier alpha value is -3.36. The molecule has 3 rings (SSSR count).